The molecule has 1 nitrogen and oxygen atoms in total. The van der Waals surface area contributed by atoms with Crippen LogP contribution in [0.15, 0.2) is 243 Å². The van der Waals surface area contributed by atoms with E-state index in [1.54, 1.807) is 0 Å². The Hall–Kier alpha value is -7.21. The van der Waals surface area contributed by atoms with E-state index in [-0.39, 0.29) is 21.1 Å². The van der Waals surface area contributed by atoms with Crippen molar-refractivity contribution < 1.29 is 25.7 Å². The summed E-state index contributed by atoms with van der Waals surface area (Å²) in [5.74, 6) is 12.4. The third-order valence-corrected chi connectivity index (χ3v) is 9.05. The second kappa shape index (κ2) is 23.8. The summed E-state index contributed by atoms with van der Waals surface area (Å²) < 4.78 is 7.50. The molecule has 0 atom stereocenters. The minimum Gasteiger partial charge on any atom is -0.0622 e. The molecule has 8 aromatic rings. The molecular weight excluding hydrogens is 797 g/mol. The van der Waals surface area contributed by atoms with Gasteiger partial charge in [-0.1, -0.05) is 218 Å². The standard InChI is InChI=1S/C28H20.2C14H10.CO.Mo/c1-5-13-21(14-6-1)25-26(22-15-7-2-8-16-22)28(24-19-11-4-12-20-24)27(25)23-17-9-3-10-18-23;2*1-3-7-13(8-4-1)11-12-14-9-5-2-6-10-14;1-2;/h1-20H;2*1-10H;;. The van der Waals surface area contributed by atoms with Crippen LogP contribution in [-0.4, -0.2) is 0 Å². The molecule has 8 aromatic carbocycles. The van der Waals surface area contributed by atoms with Gasteiger partial charge in [0.25, 0.3) is 0 Å². The zero-order valence-corrected chi connectivity index (χ0v) is 34.4. The first kappa shape index (κ1) is 42.9. The predicted octanol–water partition coefficient (Wildman–Crippen LogP) is 13.4. The Morgan fingerprint density at radius 3 is 0.508 bits per heavy atom. The fourth-order valence-corrected chi connectivity index (χ4v) is 6.39. The molecular formula is C57H40MoO. The number of hydrogen-bond donors (Lipinski definition) is 0. The summed E-state index contributed by atoms with van der Waals surface area (Å²) in [5, 5.41) is 0. The molecule has 280 valence electrons. The molecule has 1 aliphatic carbocycles. The predicted molar refractivity (Wildman–Crippen MR) is 241 cm³/mol. The van der Waals surface area contributed by atoms with Crippen molar-refractivity contribution >= 4 is 22.3 Å². The Morgan fingerprint density at radius 2 is 0.356 bits per heavy atom. The van der Waals surface area contributed by atoms with Crippen LogP contribution in [0.2, 0.25) is 0 Å². The van der Waals surface area contributed by atoms with Crippen molar-refractivity contribution in [1.82, 2.24) is 0 Å². The molecule has 0 radical (unpaired) electrons. The van der Waals surface area contributed by atoms with E-state index in [4.69, 9.17) is 4.65 Å². The Kier molecular flexibility index (Phi) is 17.3. The SMILES string of the molecule is C(#Cc1ccccc1)c1ccccc1.C(#Cc1ccccc1)c1ccccc1.[C-]#[O+].[Mo].c1ccc(C2=C(c3ccccc3)C(c3ccccc3)=C2c2ccccc2)cc1. The minimum atomic E-state index is 0. The van der Waals surface area contributed by atoms with Crippen molar-refractivity contribution in [2.45, 2.75) is 0 Å². The fourth-order valence-electron chi connectivity index (χ4n) is 6.39. The van der Waals surface area contributed by atoms with Gasteiger partial charge in [0.1, 0.15) is 0 Å². The maximum atomic E-state index is 7.50. The Bertz CT molecular complexity index is 2280. The van der Waals surface area contributed by atoms with Crippen molar-refractivity contribution in [1.29, 1.82) is 0 Å². The molecule has 0 amide bonds. The normalized spacial score (nSPS) is 10.6. The van der Waals surface area contributed by atoms with Crippen molar-refractivity contribution in [3.8, 4) is 23.7 Å². The van der Waals surface area contributed by atoms with Crippen molar-refractivity contribution in [2.24, 2.45) is 0 Å². The minimum absolute atomic E-state index is 0. The molecule has 0 saturated carbocycles. The molecule has 0 aromatic heterocycles. The summed E-state index contributed by atoms with van der Waals surface area (Å²) >= 11 is 0. The topological polar surface area (TPSA) is 19.9 Å². The van der Waals surface area contributed by atoms with Crippen LogP contribution in [-0.2, 0) is 25.7 Å². The molecule has 0 aliphatic heterocycles. The van der Waals surface area contributed by atoms with E-state index in [9.17, 15) is 0 Å². The first-order valence-electron chi connectivity index (χ1n) is 19.0. The van der Waals surface area contributed by atoms with Crippen LogP contribution in [0.25, 0.3) is 22.3 Å². The van der Waals surface area contributed by atoms with Gasteiger partial charge in [-0.15, -0.1) is 0 Å². The van der Waals surface area contributed by atoms with E-state index in [1.165, 1.54) is 44.5 Å². The molecule has 0 heterocycles. The summed E-state index contributed by atoms with van der Waals surface area (Å²) in [6.45, 7) is 4.50. The van der Waals surface area contributed by atoms with Crippen LogP contribution < -0.4 is 0 Å². The van der Waals surface area contributed by atoms with Crippen LogP contribution in [0, 0.1) is 30.3 Å². The second-order valence-corrected chi connectivity index (χ2v) is 12.9. The van der Waals surface area contributed by atoms with E-state index in [2.05, 4.69) is 152 Å². The average Bonchev–Trinajstić information content (AvgIpc) is 3.31. The quantitative estimate of drug-likeness (QED) is 0.0728. The number of benzene rings is 8. The molecule has 2 heteroatoms. The Labute approximate surface area is 363 Å². The molecule has 0 fully saturated rings. The molecule has 9 rings (SSSR count). The van der Waals surface area contributed by atoms with Gasteiger partial charge in [0.05, 0.1) is 0 Å². The van der Waals surface area contributed by atoms with Crippen molar-refractivity contribution in [3.63, 3.8) is 0 Å². The van der Waals surface area contributed by atoms with Gasteiger partial charge in [0.15, 0.2) is 0 Å². The first-order valence-corrected chi connectivity index (χ1v) is 19.0. The van der Waals surface area contributed by atoms with E-state index < -0.39 is 0 Å². The number of hydrogen-bond acceptors (Lipinski definition) is 0. The zero-order valence-electron chi connectivity index (χ0n) is 32.4. The zero-order chi connectivity index (χ0) is 40.0. The average molecular weight is 837 g/mol. The van der Waals surface area contributed by atoms with Gasteiger partial charge in [-0.3, -0.25) is 0 Å². The van der Waals surface area contributed by atoms with Crippen LogP contribution in [0.5, 0.6) is 0 Å². The summed E-state index contributed by atoms with van der Waals surface area (Å²) in [5.41, 5.74) is 14.6. The molecule has 0 saturated heterocycles. The number of rotatable bonds is 4. The van der Waals surface area contributed by atoms with Crippen molar-refractivity contribution in [2.75, 3.05) is 0 Å². The van der Waals surface area contributed by atoms with Crippen LogP contribution in [0.4, 0.5) is 0 Å². The molecule has 1 aliphatic rings. The molecule has 0 bridgehead atoms. The van der Waals surface area contributed by atoms with Crippen molar-refractivity contribution in [3.05, 3.63) is 294 Å². The van der Waals surface area contributed by atoms with Crippen LogP contribution in [0.3, 0.4) is 0 Å². The summed E-state index contributed by atoms with van der Waals surface area (Å²) in [6.07, 6.45) is 0. The Balaban J connectivity index is 0.000000180. The van der Waals surface area contributed by atoms with E-state index in [1.807, 2.05) is 121 Å². The van der Waals surface area contributed by atoms with E-state index >= 15 is 0 Å². The summed E-state index contributed by atoms with van der Waals surface area (Å²) in [4.78, 5) is 0. The summed E-state index contributed by atoms with van der Waals surface area (Å²) in [6, 6.07) is 83.0. The summed E-state index contributed by atoms with van der Waals surface area (Å²) in [7, 11) is 0. The molecule has 0 spiro atoms. The third kappa shape index (κ3) is 12.4. The first-order chi connectivity index (χ1) is 28.8. The maximum absolute atomic E-state index is 7.50. The fraction of sp³-hybridized carbons (Fsp3) is 0. The van der Waals surface area contributed by atoms with Crippen LogP contribution in [0.1, 0.15) is 44.5 Å². The van der Waals surface area contributed by atoms with E-state index in [0.717, 1.165) is 22.3 Å². The third-order valence-electron chi connectivity index (χ3n) is 9.05. The van der Waals surface area contributed by atoms with Gasteiger partial charge >= 0.3 is 11.3 Å². The maximum Gasteiger partial charge on any atom is 0 e. The monoisotopic (exact) mass is 838 g/mol. The largest absolute Gasteiger partial charge is 0.0622 e. The smallest absolute Gasteiger partial charge is 0 e. The van der Waals surface area contributed by atoms with Gasteiger partial charge in [-0.25, -0.2) is 0 Å². The van der Waals surface area contributed by atoms with Gasteiger partial charge < -0.3 is 0 Å². The second-order valence-electron chi connectivity index (χ2n) is 12.9. The molecule has 0 N–H and O–H groups in total. The van der Waals surface area contributed by atoms with E-state index in [0.29, 0.717) is 0 Å². The number of allylic oxidation sites excluding steroid dienone is 4. The van der Waals surface area contributed by atoms with Gasteiger partial charge in [0, 0.05) is 43.3 Å². The van der Waals surface area contributed by atoms with Gasteiger partial charge in [-0.2, -0.15) is 0 Å². The molecule has 0 unspecified atom stereocenters. The molecule has 59 heavy (non-hydrogen) atoms. The van der Waals surface area contributed by atoms with Crippen LogP contribution >= 0.6 is 0 Å². The van der Waals surface area contributed by atoms with Gasteiger partial charge in [-0.05, 0) is 93.1 Å². The Morgan fingerprint density at radius 1 is 0.220 bits per heavy atom. The van der Waals surface area contributed by atoms with Gasteiger partial charge in [0.2, 0.25) is 0 Å².